The minimum absolute atomic E-state index is 0.558. The number of nitrogens with two attached hydrogens (primary N) is 1. The molecule has 0 bridgehead atoms. The zero-order valence-electron chi connectivity index (χ0n) is 11.8. The molecule has 0 saturated carbocycles. The van der Waals surface area contributed by atoms with Crippen molar-refractivity contribution < 1.29 is 19.8 Å². The van der Waals surface area contributed by atoms with E-state index in [1.165, 1.54) is 51.4 Å². The van der Waals surface area contributed by atoms with Crippen LogP contribution in [0.2, 0.25) is 0 Å². The van der Waals surface area contributed by atoms with Crippen LogP contribution < -0.4 is 5.73 Å². The summed E-state index contributed by atoms with van der Waals surface area (Å²) in [5, 5.41) is 15.6. The van der Waals surface area contributed by atoms with Gasteiger partial charge >= 0.3 is 11.9 Å². The molecule has 0 rings (SSSR count). The maximum atomic E-state index is 9.55. The van der Waals surface area contributed by atoms with Crippen LogP contribution in [0, 0.1) is 0 Å². The highest BCUT2D eigenvalue weighted by Gasteiger charge is 1.89. The second-order valence-electron chi connectivity index (χ2n) is 4.27. The number of carboxylic acid groups (broad SMARTS) is 2. The van der Waals surface area contributed by atoms with E-state index in [1.807, 2.05) is 0 Å². The number of carboxylic acids is 2. The summed E-state index contributed by atoms with van der Waals surface area (Å²) in [5.74, 6) is -2.51. The van der Waals surface area contributed by atoms with Gasteiger partial charge in [0.15, 0.2) is 0 Å². The average Bonchev–Trinajstić information content (AvgIpc) is 2.36. The van der Waals surface area contributed by atoms with Crippen molar-refractivity contribution in [2.24, 2.45) is 5.73 Å². The first kappa shape index (κ1) is 20.0. The first-order chi connectivity index (χ1) is 9.04. The van der Waals surface area contributed by atoms with Crippen LogP contribution in [-0.2, 0) is 9.59 Å². The number of carbonyl (C=O) groups is 2. The van der Waals surface area contributed by atoms with Crippen LogP contribution in [-0.4, -0.2) is 28.7 Å². The molecular formula is C14H27NO4. The number of aliphatic carboxylic acids is 2. The maximum absolute atomic E-state index is 9.55. The number of hydrogen-bond acceptors (Lipinski definition) is 3. The van der Waals surface area contributed by atoms with Crippen molar-refractivity contribution in [3.63, 3.8) is 0 Å². The molecule has 0 aromatic rings. The van der Waals surface area contributed by atoms with Crippen LogP contribution in [0.4, 0.5) is 0 Å². The van der Waals surface area contributed by atoms with E-state index in [1.54, 1.807) is 0 Å². The number of unbranched alkanes of at least 4 members (excludes halogenated alkanes) is 7. The minimum atomic E-state index is -1.26. The third-order valence-electron chi connectivity index (χ3n) is 2.43. The van der Waals surface area contributed by atoms with E-state index < -0.39 is 11.9 Å². The molecule has 0 amide bonds. The molecule has 0 fully saturated rings. The fourth-order valence-corrected chi connectivity index (χ4v) is 1.42. The van der Waals surface area contributed by atoms with Crippen molar-refractivity contribution >= 4 is 11.9 Å². The van der Waals surface area contributed by atoms with E-state index in [-0.39, 0.29) is 0 Å². The van der Waals surface area contributed by atoms with Crippen LogP contribution in [0.1, 0.15) is 58.3 Å². The lowest BCUT2D eigenvalue weighted by atomic mass is 10.1. The zero-order chi connectivity index (χ0) is 14.9. The Morgan fingerprint density at radius 3 is 1.53 bits per heavy atom. The predicted octanol–water partition coefficient (Wildman–Crippen LogP) is 2.80. The smallest absolute Gasteiger partial charge is 0.328 e. The van der Waals surface area contributed by atoms with E-state index in [4.69, 9.17) is 15.9 Å². The van der Waals surface area contributed by atoms with E-state index in [0.29, 0.717) is 12.2 Å². The summed E-state index contributed by atoms with van der Waals surface area (Å²) in [4.78, 5) is 19.1. The van der Waals surface area contributed by atoms with Gasteiger partial charge in [0, 0.05) is 12.2 Å². The molecule has 19 heavy (non-hydrogen) atoms. The highest BCUT2D eigenvalue weighted by atomic mass is 16.4. The Morgan fingerprint density at radius 1 is 0.842 bits per heavy atom. The Kier molecular flexibility index (Phi) is 17.5. The third-order valence-corrected chi connectivity index (χ3v) is 2.43. The fourth-order valence-electron chi connectivity index (χ4n) is 1.42. The highest BCUT2D eigenvalue weighted by molar-refractivity contribution is 5.89. The van der Waals surface area contributed by atoms with Crippen molar-refractivity contribution in [2.45, 2.75) is 58.3 Å². The van der Waals surface area contributed by atoms with Crippen LogP contribution in [0.5, 0.6) is 0 Å². The van der Waals surface area contributed by atoms with Gasteiger partial charge in [0.1, 0.15) is 0 Å². The molecule has 0 aromatic carbocycles. The van der Waals surface area contributed by atoms with Gasteiger partial charge in [-0.15, -0.1) is 0 Å². The van der Waals surface area contributed by atoms with E-state index in [0.717, 1.165) is 6.54 Å². The van der Waals surface area contributed by atoms with Crippen molar-refractivity contribution in [2.75, 3.05) is 6.54 Å². The molecule has 0 atom stereocenters. The van der Waals surface area contributed by atoms with Crippen molar-refractivity contribution in [3.8, 4) is 0 Å². The van der Waals surface area contributed by atoms with Crippen LogP contribution >= 0.6 is 0 Å². The standard InChI is InChI=1S/C10H23N.C4H4O4/c1-2-3-4-5-6-7-8-9-10-11;5-3(6)1-2-4(7)8/h2-11H2,1H3;1-2H,(H,5,6)(H,7,8)/b;2-1-. The number of rotatable bonds is 10. The first-order valence-corrected chi connectivity index (χ1v) is 6.88. The van der Waals surface area contributed by atoms with Gasteiger partial charge < -0.3 is 15.9 Å². The van der Waals surface area contributed by atoms with Crippen molar-refractivity contribution in [1.82, 2.24) is 0 Å². The van der Waals surface area contributed by atoms with E-state index >= 15 is 0 Å². The van der Waals surface area contributed by atoms with Gasteiger partial charge in [-0.25, -0.2) is 9.59 Å². The quantitative estimate of drug-likeness (QED) is 0.419. The molecule has 112 valence electrons. The maximum Gasteiger partial charge on any atom is 0.328 e. The van der Waals surface area contributed by atoms with Gasteiger partial charge in [0.2, 0.25) is 0 Å². The molecule has 0 saturated heterocycles. The molecule has 4 N–H and O–H groups in total. The third kappa shape index (κ3) is 26.3. The monoisotopic (exact) mass is 273 g/mol. The topological polar surface area (TPSA) is 101 Å². The van der Waals surface area contributed by atoms with Gasteiger partial charge in [-0.3, -0.25) is 0 Å². The molecule has 0 radical (unpaired) electrons. The fraction of sp³-hybridized carbons (Fsp3) is 0.714. The van der Waals surface area contributed by atoms with E-state index in [9.17, 15) is 9.59 Å². The summed E-state index contributed by atoms with van der Waals surface area (Å²) < 4.78 is 0. The second kappa shape index (κ2) is 16.6. The Morgan fingerprint density at radius 2 is 1.21 bits per heavy atom. The summed E-state index contributed by atoms with van der Waals surface area (Å²) in [6, 6.07) is 0. The summed E-state index contributed by atoms with van der Waals surface area (Å²) in [6.45, 7) is 3.13. The summed E-state index contributed by atoms with van der Waals surface area (Å²) in [6.07, 6.45) is 12.1. The molecule has 0 unspecified atom stereocenters. The minimum Gasteiger partial charge on any atom is -0.478 e. The predicted molar refractivity (Wildman–Crippen MR) is 76.1 cm³/mol. The van der Waals surface area contributed by atoms with Gasteiger partial charge in [-0.05, 0) is 13.0 Å². The lowest BCUT2D eigenvalue weighted by Crippen LogP contribution is -1.97. The molecule has 0 aliphatic heterocycles. The van der Waals surface area contributed by atoms with Gasteiger partial charge in [0.25, 0.3) is 0 Å². The lowest BCUT2D eigenvalue weighted by Gasteiger charge is -1.99. The molecule has 5 heteroatoms. The SMILES string of the molecule is CCCCCCCCCCN.O=C(O)/C=C\C(=O)O. The first-order valence-electron chi connectivity index (χ1n) is 6.88. The summed E-state index contributed by atoms with van der Waals surface area (Å²) >= 11 is 0. The highest BCUT2D eigenvalue weighted by Crippen LogP contribution is 2.07. The van der Waals surface area contributed by atoms with Gasteiger partial charge in [0.05, 0.1) is 0 Å². The number of hydrogen-bond donors (Lipinski definition) is 3. The average molecular weight is 273 g/mol. The molecule has 0 aliphatic carbocycles. The molecule has 0 aliphatic rings. The van der Waals surface area contributed by atoms with Crippen LogP contribution in [0.15, 0.2) is 12.2 Å². The Balaban J connectivity index is 0. The largest absolute Gasteiger partial charge is 0.478 e. The molecular weight excluding hydrogens is 246 g/mol. The summed E-state index contributed by atoms with van der Waals surface area (Å²) in [5.41, 5.74) is 5.39. The Labute approximate surface area is 115 Å². The molecule has 0 spiro atoms. The van der Waals surface area contributed by atoms with Crippen LogP contribution in [0.25, 0.3) is 0 Å². The van der Waals surface area contributed by atoms with Crippen molar-refractivity contribution in [3.05, 3.63) is 12.2 Å². The molecule has 0 heterocycles. The Bertz CT molecular complexity index is 228. The molecule has 0 aromatic heterocycles. The lowest BCUT2D eigenvalue weighted by molar-refractivity contribution is -0.134. The van der Waals surface area contributed by atoms with Crippen LogP contribution in [0.3, 0.4) is 0 Å². The second-order valence-corrected chi connectivity index (χ2v) is 4.27. The normalized spacial score (nSPS) is 10.0. The molecule has 5 nitrogen and oxygen atoms in total. The van der Waals surface area contributed by atoms with Gasteiger partial charge in [-0.1, -0.05) is 51.9 Å². The van der Waals surface area contributed by atoms with E-state index in [2.05, 4.69) is 6.92 Å². The summed E-state index contributed by atoms with van der Waals surface area (Å²) in [7, 11) is 0. The van der Waals surface area contributed by atoms with Crippen molar-refractivity contribution in [1.29, 1.82) is 0 Å². The van der Waals surface area contributed by atoms with Gasteiger partial charge in [-0.2, -0.15) is 0 Å². The zero-order valence-corrected chi connectivity index (χ0v) is 11.8. The Hall–Kier alpha value is -1.36.